The molecule has 0 bridgehead atoms. The van der Waals surface area contributed by atoms with Gasteiger partial charge in [-0.05, 0) is 30.2 Å². The van der Waals surface area contributed by atoms with E-state index in [-0.39, 0.29) is 58.3 Å². The smallest absolute Gasteiger partial charge is 0.416 e. The first-order chi connectivity index (χ1) is 18.7. The van der Waals surface area contributed by atoms with E-state index in [0.29, 0.717) is 0 Å². The fourth-order valence-corrected chi connectivity index (χ4v) is 4.07. The summed E-state index contributed by atoms with van der Waals surface area (Å²) in [5, 5.41) is 8.29. The summed E-state index contributed by atoms with van der Waals surface area (Å²) < 4.78 is 69.3. The van der Waals surface area contributed by atoms with E-state index in [4.69, 9.17) is 9.47 Å². The predicted octanol–water partition coefficient (Wildman–Crippen LogP) is 5.07. The van der Waals surface area contributed by atoms with E-state index >= 15 is 0 Å². The third-order valence-electron chi connectivity index (χ3n) is 5.86. The lowest BCUT2D eigenvalue weighted by atomic mass is 9.98. The molecule has 0 saturated heterocycles. The second-order valence-electron chi connectivity index (χ2n) is 8.31. The van der Waals surface area contributed by atoms with Gasteiger partial charge in [-0.15, -0.1) is 0 Å². The van der Waals surface area contributed by atoms with Crippen LogP contribution in [0, 0.1) is 5.82 Å². The summed E-state index contributed by atoms with van der Waals surface area (Å²) in [4.78, 5) is 20.7. The highest BCUT2D eigenvalue weighted by Gasteiger charge is 2.34. The van der Waals surface area contributed by atoms with Crippen LogP contribution in [0.15, 0.2) is 61.1 Å². The average molecular weight is 540 g/mol. The van der Waals surface area contributed by atoms with Gasteiger partial charge in [0.15, 0.2) is 0 Å². The summed E-state index contributed by atoms with van der Waals surface area (Å²) in [5.41, 5.74) is -0.134. The van der Waals surface area contributed by atoms with E-state index in [1.54, 1.807) is 13.0 Å². The summed E-state index contributed by atoms with van der Waals surface area (Å²) in [6.07, 6.45) is -0.662. The molecule has 0 aliphatic carbocycles. The normalized spacial score (nSPS) is 11.6. The van der Waals surface area contributed by atoms with Gasteiger partial charge in [-0.25, -0.2) is 18.9 Å². The molecule has 0 radical (unpaired) electrons. The maximum atomic E-state index is 14.2. The van der Waals surface area contributed by atoms with E-state index in [9.17, 15) is 22.4 Å². The molecule has 2 aromatic carbocycles. The number of aromatic nitrogens is 6. The molecule has 200 valence electrons. The minimum atomic E-state index is -4.70. The van der Waals surface area contributed by atoms with Gasteiger partial charge in [-0.3, -0.25) is 4.68 Å². The predicted molar refractivity (Wildman–Crippen MR) is 131 cm³/mol. The van der Waals surface area contributed by atoms with Crippen molar-refractivity contribution >= 4 is 17.0 Å². The molecular weight excluding hydrogens is 520 g/mol. The lowest BCUT2D eigenvalue weighted by Gasteiger charge is -2.16. The molecule has 0 aliphatic heterocycles. The van der Waals surface area contributed by atoms with Gasteiger partial charge in [0.1, 0.15) is 16.9 Å². The van der Waals surface area contributed by atoms with Gasteiger partial charge in [0, 0.05) is 11.8 Å². The minimum Gasteiger partial charge on any atom is -0.479 e. The molecular formula is C26H20F4N6O3. The van der Waals surface area contributed by atoms with Crippen molar-refractivity contribution in [3.63, 3.8) is 0 Å². The van der Waals surface area contributed by atoms with E-state index in [1.807, 2.05) is 0 Å². The van der Waals surface area contributed by atoms with Gasteiger partial charge in [0.2, 0.25) is 5.88 Å². The number of carbonyl (C=O) groups excluding carboxylic acids is 1. The third kappa shape index (κ3) is 5.02. The number of nitrogens with zero attached hydrogens (tertiary/aromatic N) is 6. The molecule has 0 fully saturated rings. The van der Waals surface area contributed by atoms with Gasteiger partial charge in [0.05, 0.1) is 43.8 Å². The topological polar surface area (TPSA) is 97.0 Å². The van der Waals surface area contributed by atoms with Gasteiger partial charge in [0.25, 0.3) is 5.95 Å². The molecule has 0 saturated carbocycles. The average Bonchev–Trinajstić information content (AvgIpc) is 3.56. The number of hydrogen-bond donors (Lipinski definition) is 0. The van der Waals surface area contributed by atoms with Crippen LogP contribution in [0.25, 0.3) is 28.1 Å². The number of ether oxygens (including phenoxy) is 2. The monoisotopic (exact) mass is 540 g/mol. The number of hydrogen-bond acceptors (Lipinski definition) is 7. The van der Waals surface area contributed by atoms with Crippen LogP contribution in [0.5, 0.6) is 5.88 Å². The number of halogens is 4. The van der Waals surface area contributed by atoms with Crippen LogP contribution in [-0.4, -0.2) is 49.2 Å². The molecule has 3 heterocycles. The Morgan fingerprint density at radius 2 is 1.85 bits per heavy atom. The molecule has 0 amide bonds. The number of rotatable bonds is 7. The van der Waals surface area contributed by atoms with Crippen LogP contribution in [0.2, 0.25) is 0 Å². The zero-order valence-corrected chi connectivity index (χ0v) is 20.6. The second-order valence-corrected chi connectivity index (χ2v) is 8.31. The SMILES string of the molecule is CCOC(=O)c1cnn(-c2nc(OC)c3c(cnn3Cc3ccc(-c4ccccc4F)cc3C(F)(F)F)n2)c1. The first-order valence-corrected chi connectivity index (χ1v) is 11.6. The van der Waals surface area contributed by atoms with Crippen molar-refractivity contribution in [2.75, 3.05) is 13.7 Å². The molecule has 0 unspecified atom stereocenters. The van der Waals surface area contributed by atoms with Crippen LogP contribution < -0.4 is 4.74 Å². The number of methoxy groups -OCH3 is 1. The van der Waals surface area contributed by atoms with Crippen LogP contribution in [0.1, 0.15) is 28.4 Å². The summed E-state index contributed by atoms with van der Waals surface area (Å²) in [5.74, 6) is -1.09. The van der Waals surface area contributed by atoms with Crippen LogP contribution >= 0.6 is 0 Å². The standard InChI is InChI=1S/C26H20F4N6O3/c1-3-39-24(37)17-11-31-36(14-17)25-33-21-12-32-35(22(21)23(34-25)38-2)13-16-9-8-15(10-19(16)26(28,29)30)18-6-4-5-7-20(18)27/h4-12,14H,3,13H2,1-2H3. The van der Waals surface area contributed by atoms with Gasteiger partial charge in [-0.1, -0.05) is 30.3 Å². The fourth-order valence-electron chi connectivity index (χ4n) is 4.07. The largest absolute Gasteiger partial charge is 0.479 e. The lowest BCUT2D eigenvalue weighted by molar-refractivity contribution is -0.138. The van der Waals surface area contributed by atoms with E-state index in [1.165, 1.54) is 65.4 Å². The number of fused-ring (bicyclic) bond motifs is 1. The number of alkyl halides is 3. The van der Waals surface area contributed by atoms with Crippen LogP contribution in [0.3, 0.4) is 0 Å². The van der Waals surface area contributed by atoms with Crippen LogP contribution in [0.4, 0.5) is 17.6 Å². The number of benzene rings is 2. The highest BCUT2D eigenvalue weighted by molar-refractivity contribution is 5.88. The molecule has 13 heteroatoms. The Kier molecular flexibility index (Phi) is 6.73. The molecule has 5 rings (SSSR count). The maximum Gasteiger partial charge on any atom is 0.416 e. The highest BCUT2D eigenvalue weighted by Crippen LogP contribution is 2.36. The summed E-state index contributed by atoms with van der Waals surface area (Å²) in [6.45, 7) is 1.59. The van der Waals surface area contributed by atoms with Gasteiger partial charge in [-0.2, -0.15) is 28.4 Å². The molecule has 9 nitrogen and oxygen atoms in total. The zero-order valence-electron chi connectivity index (χ0n) is 20.6. The van der Waals surface area contributed by atoms with Crippen molar-refractivity contribution < 1.29 is 31.8 Å². The summed E-state index contributed by atoms with van der Waals surface area (Å²) in [7, 11) is 1.35. The maximum absolute atomic E-state index is 14.2. The van der Waals surface area contributed by atoms with Gasteiger partial charge < -0.3 is 9.47 Å². The van der Waals surface area contributed by atoms with Crippen molar-refractivity contribution in [1.29, 1.82) is 0 Å². The Bertz CT molecular complexity index is 1680. The van der Waals surface area contributed by atoms with Crippen LogP contribution in [-0.2, 0) is 17.5 Å². The first-order valence-electron chi connectivity index (χ1n) is 11.6. The molecule has 0 spiro atoms. The first kappa shape index (κ1) is 25.8. The quantitative estimate of drug-likeness (QED) is 0.210. The van der Waals surface area contributed by atoms with E-state index in [2.05, 4.69) is 20.2 Å². The lowest BCUT2D eigenvalue weighted by Crippen LogP contribution is -2.13. The van der Waals surface area contributed by atoms with E-state index < -0.39 is 23.5 Å². The zero-order chi connectivity index (χ0) is 27.7. The molecule has 0 aliphatic rings. The molecule has 5 aromatic rings. The Morgan fingerprint density at radius 1 is 1.05 bits per heavy atom. The van der Waals surface area contributed by atoms with Gasteiger partial charge >= 0.3 is 12.1 Å². The minimum absolute atomic E-state index is 0.0391. The van der Waals surface area contributed by atoms with E-state index in [0.717, 1.165) is 6.07 Å². The van der Waals surface area contributed by atoms with Crippen molar-refractivity contribution in [2.45, 2.75) is 19.6 Å². The molecule has 3 aromatic heterocycles. The van der Waals surface area contributed by atoms with Crippen molar-refractivity contribution in [1.82, 2.24) is 29.5 Å². The Hall–Kier alpha value is -4.81. The molecule has 39 heavy (non-hydrogen) atoms. The third-order valence-corrected chi connectivity index (χ3v) is 5.86. The number of carbonyl (C=O) groups is 1. The Balaban J connectivity index is 1.53. The summed E-state index contributed by atoms with van der Waals surface area (Å²) >= 11 is 0. The highest BCUT2D eigenvalue weighted by atomic mass is 19.4. The summed E-state index contributed by atoms with van der Waals surface area (Å²) in [6, 6.07) is 9.27. The molecule has 0 atom stereocenters. The number of esters is 1. The molecule has 0 N–H and O–H groups in total. The Morgan fingerprint density at radius 3 is 2.56 bits per heavy atom. The van der Waals surface area contributed by atoms with Crippen molar-refractivity contribution in [3.05, 3.63) is 83.6 Å². The fraction of sp³-hybridized carbons (Fsp3) is 0.192. The Labute approximate surface area is 218 Å². The second kappa shape index (κ2) is 10.2. The van der Waals surface area contributed by atoms with Crippen molar-refractivity contribution in [2.24, 2.45) is 0 Å². The van der Waals surface area contributed by atoms with Crippen molar-refractivity contribution in [3.8, 4) is 23.0 Å².